The van der Waals surface area contributed by atoms with Gasteiger partial charge in [-0.05, 0) is 37.8 Å². The van der Waals surface area contributed by atoms with Gasteiger partial charge in [-0.15, -0.1) is 0 Å². The van der Waals surface area contributed by atoms with Crippen molar-refractivity contribution in [3.63, 3.8) is 0 Å². The fourth-order valence-electron chi connectivity index (χ4n) is 3.52. The molecular weight excluding hydrogens is 349 g/mol. The Hall–Kier alpha value is -1.83. The molecule has 5 nitrogen and oxygen atoms in total. The molecule has 1 aromatic rings. The molecule has 0 radical (unpaired) electrons. The van der Waals surface area contributed by atoms with Gasteiger partial charge in [-0.3, -0.25) is 4.79 Å². The van der Waals surface area contributed by atoms with Gasteiger partial charge >= 0.3 is 6.18 Å². The Kier molecular flexibility index (Phi) is 6.01. The zero-order chi connectivity index (χ0) is 18.6. The van der Waals surface area contributed by atoms with Crippen LogP contribution in [-0.2, 0) is 15.7 Å². The van der Waals surface area contributed by atoms with Gasteiger partial charge in [-0.2, -0.15) is 13.2 Å². The van der Waals surface area contributed by atoms with Crippen molar-refractivity contribution >= 4 is 5.91 Å². The van der Waals surface area contributed by atoms with Gasteiger partial charge in [-0.1, -0.05) is 0 Å². The second-order valence-corrected chi connectivity index (χ2v) is 6.84. The minimum absolute atomic E-state index is 0.00367. The molecule has 2 fully saturated rings. The van der Waals surface area contributed by atoms with Gasteiger partial charge in [0.1, 0.15) is 5.56 Å². The summed E-state index contributed by atoms with van der Waals surface area (Å²) in [7, 11) is 0. The average Bonchev–Trinajstić information content (AvgIpc) is 2.66. The highest BCUT2D eigenvalue weighted by molar-refractivity contribution is 5.79. The molecular formula is C18H23F3N2O3. The molecule has 1 unspecified atom stereocenters. The van der Waals surface area contributed by atoms with Gasteiger partial charge in [0.2, 0.25) is 11.8 Å². The number of aromatic nitrogens is 1. The molecule has 26 heavy (non-hydrogen) atoms. The minimum Gasteiger partial charge on any atom is -0.477 e. The van der Waals surface area contributed by atoms with E-state index in [1.54, 1.807) is 0 Å². The Bertz CT molecular complexity index is 618. The summed E-state index contributed by atoms with van der Waals surface area (Å²) < 4.78 is 49.7. The number of halogens is 3. The fraction of sp³-hybridized carbons (Fsp3) is 0.667. The molecule has 1 aromatic heterocycles. The number of rotatable bonds is 4. The molecule has 0 spiro atoms. The number of carbonyl (C=O) groups excluding carboxylic acids is 1. The summed E-state index contributed by atoms with van der Waals surface area (Å²) in [6.07, 6.45) is -0.0878. The van der Waals surface area contributed by atoms with E-state index < -0.39 is 17.6 Å². The largest absolute Gasteiger partial charge is 0.477 e. The van der Waals surface area contributed by atoms with Gasteiger partial charge in [0.25, 0.3) is 0 Å². The molecule has 0 bridgehead atoms. The molecule has 8 heteroatoms. The molecule has 0 aromatic carbocycles. The lowest BCUT2D eigenvalue weighted by molar-refractivity contribution is -0.140. The lowest BCUT2D eigenvalue weighted by atomic mass is 9.94. The number of hydrogen-bond acceptors (Lipinski definition) is 4. The number of piperidine rings is 1. The highest BCUT2D eigenvalue weighted by Gasteiger charge is 2.35. The monoisotopic (exact) mass is 372 g/mol. The van der Waals surface area contributed by atoms with Crippen molar-refractivity contribution < 1.29 is 27.4 Å². The SMILES string of the molecule is O=C(C1CCOCC1)N1CCCC(COc2ncccc2C(F)(F)F)C1. The van der Waals surface area contributed by atoms with Crippen LogP contribution in [0.1, 0.15) is 31.2 Å². The van der Waals surface area contributed by atoms with Crippen LogP contribution in [0.5, 0.6) is 5.88 Å². The molecule has 2 aliphatic heterocycles. The third kappa shape index (κ3) is 4.66. The molecule has 2 saturated heterocycles. The van der Waals surface area contributed by atoms with Crippen molar-refractivity contribution in [3.8, 4) is 5.88 Å². The Morgan fingerprint density at radius 1 is 1.31 bits per heavy atom. The van der Waals surface area contributed by atoms with Crippen LogP contribution in [0.15, 0.2) is 18.3 Å². The second-order valence-electron chi connectivity index (χ2n) is 6.84. The molecule has 1 atom stereocenters. The lowest BCUT2D eigenvalue weighted by Crippen LogP contribution is -2.45. The first-order chi connectivity index (χ1) is 12.4. The number of carbonyl (C=O) groups is 1. The minimum atomic E-state index is -4.50. The van der Waals surface area contributed by atoms with Gasteiger partial charge < -0.3 is 14.4 Å². The van der Waals surface area contributed by atoms with Crippen LogP contribution in [0.2, 0.25) is 0 Å². The molecule has 3 rings (SSSR count). The van der Waals surface area contributed by atoms with E-state index in [1.807, 2.05) is 4.90 Å². The number of ether oxygens (including phenoxy) is 2. The first kappa shape index (κ1) is 18.9. The third-order valence-corrected chi connectivity index (χ3v) is 4.93. The summed E-state index contributed by atoms with van der Waals surface area (Å²) in [5.41, 5.74) is -0.869. The van der Waals surface area contributed by atoms with Crippen LogP contribution in [0.3, 0.4) is 0 Å². The normalized spacial score (nSPS) is 22.3. The number of alkyl halides is 3. The molecule has 0 saturated carbocycles. The number of likely N-dealkylation sites (tertiary alicyclic amines) is 1. The molecule has 144 valence electrons. The Balaban J connectivity index is 1.57. The van der Waals surface area contributed by atoms with E-state index in [0.29, 0.717) is 26.3 Å². The average molecular weight is 372 g/mol. The lowest BCUT2D eigenvalue weighted by Gasteiger charge is -2.35. The summed E-state index contributed by atoms with van der Waals surface area (Å²) in [4.78, 5) is 18.2. The quantitative estimate of drug-likeness (QED) is 0.815. The van der Waals surface area contributed by atoms with E-state index in [0.717, 1.165) is 31.7 Å². The van der Waals surface area contributed by atoms with Crippen LogP contribution < -0.4 is 4.74 Å². The van der Waals surface area contributed by atoms with E-state index >= 15 is 0 Å². The van der Waals surface area contributed by atoms with Crippen LogP contribution in [-0.4, -0.2) is 48.7 Å². The Morgan fingerprint density at radius 2 is 2.08 bits per heavy atom. The number of pyridine rings is 1. The van der Waals surface area contributed by atoms with E-state index in [2.05, 4.69) is 4.98 Å². The maximum Gasteiger partial charge on any atom is 0.421 e. The smallest absolute Gasteiger partial charge is 0.421 e. The molecule has 0 aliphatic carbocycles. The summed E-state index contributed by atoms with van der Waals surface area (Å²) in [6, 6.07) is 2.20. The topological polar surface area (TPSA) is 51.7 Å². The number of nitrogens with zero attached hydrogens (tertiary/aromatic N) is 2. The van der Waals surface area contributed by atoms with Crippen LogP contribution in [0.25, 0.3) is 0 Å². The zero-order valence-corrected chi connectivity index (χ0v) is 14.5. The van der Waals surface area contributed by atoms with Gasteiger partial charge in [0, 0.05) is 44.3 Å². The summed E-state index contributed by atoms with van der Waals surface area (Å²) >= 11 is 0. The van der Waals surface area contributed by atoms with Gasteiger partial charge in [-0.25, -0.2) is 4.98 Å². The Morgan fingerprint density at radius 3 is 2.81 bits per heavy atom. The van der Waals surface area contributed by atoms with Crippen molar-refractivity contribution in [3.05, 3.63) is 23.9 Å². The van der Waals surface area contributed by atoms with Gasteiger partial charge in [0.15, 0.2) is 0 Å². The highest BCUT2D eigenvalue weighted by Crippen LogP contribution is 2.35. The Labute approximate surface area is 150 Å². The zero-order valence-electron chi connectivity index (χ0n) is 14.5. The van der Waals surface area contributed by atoms with Crippen LogP contribution in [0, 0.1) is 11.8 Å². The predicted molar refractivity (Wildman–Crippen MR) is 87.6 cm³/mol. The van der Waals surface area contributed by atoms with Crippen LogP contribution in [0.4, 0.5) is 13.2 Å². The summed E-state index contributed by atoms with van der Waals surface area (Å²) in [6.45, 7) is 2.56. The first-order valence-corrected chi connectivity index (χ1v) is 8.96. The van der Waals surface area contributed by atoms with Crippen molar-refractivity contribution in [2.75, 3.05) is 32.9 Å². The standard InChI is InChI=1S/C18H23F3N2O3/c19-18(20,21)15-4-1-7-22-16(15)26-12-13-3-2-8-23(11-13)17(24)14-5-9-25-10-6-14/h1,4,7,13-14H,2-3,5-6,8-12H2. The fourth-order valence-corrected chi connectivity index (χ4v) is 3.52. The van der Waals surface area contributed by atoms with E-state index in [4.69, 9.17) is 9.47 Å². The molecule has 1 amide bonds. The maximum atomic E-state index is 13.0. The second kappa shape index (κ2) is 8.24. The van der Waals surface area contributed by atoms with E-state index in [1.165, 1.54) is 12.3 Å². The third-order valence-electron chi connectivity index (χ3n) is 4.93. The molecule has 3 heterocycles. The molecule has 0 N–H and O–H groups in total. The van der Waals surface area contributed by atoms with Crippen molar-refractivity contribution in [2.24, 2.45) is 11.8 Å². The van der Waals surface area contributed by atoms with Crippen molar-refractivity contribution in [2.45, 2.75) is 31.9 Å². The van der Waals surface area contributed by atoms with E-state index in [-0.39, 0.29) is 24.3 Å². The van der Waals surface area contributed by atoms with Crippen LogP contribution >= 0.6 is 0 Å². The van der Waals surface area contributed by atoms with Crippen molar-refractivity contribution in [1.82, 2.24) is 9.88 Å². The maximum absolute atomic E-state index is 13.0. The van der Waals surface area contributed by atoms with Gasteiger partial charge in [0.05, 0.1) is 6.61 Å². The van der Waals surface area contributed by atoms with E-state index in [9.17, 15) is 18.0 Å². The highest BCUT2D eigenvalue weighted by atomic mass is 19.4. The van der Waals surface area contributed by atoms with Crippen molar-refractivity contribution in [1.29, 1.82) is 0 Å². The summed E-state index contributed by atoms with van der Waals surface area (Å²) in [5, 5.41) is 0. The molecule has 2 aliphatic rings. The first-order valence-electron chi connectivity index (χ1n) is 8.96. The predicted octanol–water partition coefficient (Wildman–Crippen LogP) is 3.14. The number of amides is 1. The number of hydrogen-bond donors (Lipinski definition) is 0. The summed E-state index contributed by atoms with van der Waals surface area (Å²) in [5.74, 6) is -0.258.